The lowest BCUT2D eigenvalue weighted by Crippen LogP contribution is -2.14. The first-order valence-corrected chi connectivity index (χ1v) is 9.50. The zero-order valence-electron chi connectivity index (χ0n) is 13.2. The van der Waals surface area contributed by atoms with E-state index in [1.165, 1.54) is 19.4 Å². The number of rotatable bonds is 5. The van der Waals surface area contributed by atoms with E-state index in [-0.39, 0.29) is 10.6 Å². The maximum Gasteiger partial charge on any atom is 0.265 e. The van der Waals surface area contributed by atoms with E-state index in [2.05, 4.69) is 30.6 Å². The first kappa shape index (κ1) is 17.4. The van der Waals surface area contributed by atoms with Gasteiger partial charge < -0.3 is 4.74 Å². The van der Waals surface area contributed by atoms with Crippen LogP contribution in [-0.4, -0.2) is 25.5 Å². The average Bonchev–Trinajstić information content (AvgIpc) is 2.62. The second kappa shape index (κ2) is 7.20. The number of aromatic nitrogens is 2. The molecule has 0 aliphatic heterocycles. The molecule has 8 heteroatoms. The Morgan fingerprint density at radius 3 is 2.68 bits per heavy atom. The summed E-state index contributed by atoms with van der Waals surface area (Å²) < 4.78 is 33.8. The Kier molecular flexibility index (Phi) is 5.00. The molecular formula is C17H14BrN3O3S. The number of sulfonamides is 1. The van der Waals surface area contributed by atoms with E-state index in [1.54, 1.807) is 30.6 Å². The molecule has 128 valence electrons. The predicted molar refractivity (Wildman–Crippen MR) is 99.0 cm³/mol. The summed E-state index contributed by atoms with van der Waals surface area (Å²) in [5, 5.41) is 0. The van der Waals surface area contributed by atoms with Crippen molar-refractivity contribution in [3.05, 3.63) is 65.5 Å². The van der Waals surface area contributed by atoms with Crippen molar-refractivity contribution in [3.63, 3.8) is 0 Å². The van der Waals surface area contributed by atoms with Crippen LogP contribution in [-0.2, 0) is 10.0 Å². The standard InChI is InChI=1S/C17H14BrN3O3S/c1-24-16-6-5-13(18)9-17(16)25(22,23)21-14-8-12(10-19-11-14)15-4-2-3-7-20-15/h2-11,21H,1H3. The van der Waals surface area contributed by atoms with E-state index in [9.17, 15) is 8.42 Å². The smallest absolute Gasteiger partial charge is 0.265 e. The van der Waals surface area contributed by atoms with Crippen LogP contribution in [0.25, 0.3) is 11.3 Å². The van der Waals surface area contributed by atoms with Gasteiger partial charge in [0.1, 0.15) is 10.6 Å². The molecular weight excluding hydrogens is 406 g/mol. The van der Waals surface area contributed by atoms with E-state index < -0.39 is 10.0 Å². The number of anilines is 1. The third-order valence-corrected chi connectivity index (χ3v) is 5.26. The third-order valence-electron chi connectivity index (χ3n) is 3.37. The summed E-state index contributed by atoms with van der Waals surface area (Å²) in [6, 6.07) is 11.9. The second-order valence-electron chi connectivity index (χ2n) is 5.08. The number of hydrogen-bond donors (Lipinski definition) is 1. The summed E-state index contributed by atoms with van der Waals surface area (Å²) in [5.41, 5.74) is 1.75. The fourth-order valence-corrected chi connectivity index (χ4v) is 3.98. The van der Waals surface area contributed by atoms with Crippen molar-refractivity contribution in [1.29, 1.82) is 0 Å². The number of ether oxygens (including phenoxy) is 1. The van der Waals surface area contributed by atoms with Crippen molar-refractivity contribution in [2.45, 2.75) is 4.90 Å². The molecule has 0 amide bonds. The van der Waals surface area contributed by atoms with Gasteiger partial charge in [-0.1, -0.05) is 22.0 Å². The van der Waals surface area contributed by atoms with Crippen molar-refractivity contribution >= 4 is 31.6 Å². The highest BCUT2D eigenvalue weighted by Gasteiger charge is 2.20. The fourth-order valence-electron chi connectivity index (χ4n) is 2.24. The molecule has 0 bridgehead atoms. The predicted octanol–water partition coefficient (Wildman–Crippen LogP) is 3.72. The van der Waals surface area contributed by atoms with Gasteiger partial charge in [0.15, 0.2) is 0 Å². The summed E-state index contributed by atoms with van der Waals surface area (Å²) >= 11 is 3.28. The number of nitrogens with zero attached hydrogens (tertiary/aromatic N) is 2. The van der Waals surface area contributed by atoms with E-state index >= 15 is 0 Å². The van der Waals surface area contributed by atoms with Crippen molar-refractivity contribution in [2.24, 2.45) is 0 Å². The quantitative estimate of drug-likeness (QED) is 0.681. The lowest BCUT2D eigenvalue weighted by molar-refractivity contribution is 0.403. The Hall–Kier alpha value is -2.45. The minimum absolute atomic E-state index is 0.0348. The molecule has 1 N–H and O–H groups in total. The van der Waals surface area contributed by atoms with Gasteiger partial charge in [0.2, 0.25) is 0 Å². The van der Waals surface area contributed by atoms with Gasteiger partial charge in [0, 0.05) is 22.4 Å². The van der Waals surface area contributed by atoms with E-state index in [4.69, 9.17) is 4.74 Å². The number of hydrogen-bond acceptors (Lipinski definition) is 5. The van der Waals surface area contributed by atoms with E-state index in [1.807, 2.05) is 18.2 Å². The number of nitrogens with one attached hydrogen (secondary N) is 1. The molecule has 0 radical (unpaired) electrons. The Labute approximate surface area is 154 Å². The molecule has 6 nitrogen and oxygen atoms in total. The molecule has 25 heavy (non-hydrogen) atoms. The van der Waals surface area contributed by atoms with Crippen molar-refractivity contribution in [2.75, 3.05) is 11.8 Å². The van der Waals surface area contributed by atoms with Crippen LogP contribution in [0.3, 0.4) is 0 Å². The Bertz CT molecular complexity index is 995. The zero-order valence-corrected chi connectivity index (χ0v) is 15.6. The topological polar surface area (TPSA) is 81.2 Å². The van der Waals surface area contributed by atoms with Crippen LogP contribution in [0.1, 0.15) is 0 Å². The number of methoxy groups -OCH3 is 1. The Balaban J connectivity index is 1.96. The molecule has 2 aromatic heterocycles. The van der Waals surface area contributed by atoms with Crippen LogP contribution in [0.2, 0.25) is 0 Å². The average molecular weight is 420 g/mol. The zero-order chi connectivity index (χ0) is 17.9. The molecule has 0 saturated heterocycles. The van der Waals surface area contributed by atoms with Crippen LogP contribution in [0.5, 0.6) is 5.75 Å². The van der Waals surface area contributed by atoms with Gasteiger partial charge >= 0.3 is 0 Å². The monoisotopic (exact) mass is 419 g/mol. The molecule has 0 saturated carbocycles. The molecule has 3 aromatic rings. The van der Waals surface area contributed by atoms with Crippen molar-refractivity contribution in [1.82, 2.24) is 9.97 Å². The number of benzene rings is 1. The van der Waals surface area contributed by atoms with Gasteiger partial charge in [-0.3, -0.25) is 14.7 Å². The molecule has 1 aromatic carbocycles. The summed E-state index contributed by atoms with van der Waals surface area (Å²) in [5.74, 6) is 0.254. The maximum absolute atomic E-state index is 12.7. The van der Waals surface area contributed by atoms with E-state index in [0.29, 0.717) is 21.4 Å². The normalized spacial score (nSPS) is 11.1. The highest BCUT2D eigenvalue weighted by molar-refractivity contribution is 9.10. The highest BCUT2D eigenvalue weighted by Crippen LogP contribution is 2.29. The van der Waals surface area contributed by atoms with Gasteiger partial charge in [-0.25, -0.2) is 8.42 Å². The van der Waals surface area contributed by atoms with Crippen molar-refractivity contribution in [3.8, 4) is 17.0 Å². The van der Waals surface area contributed by atoms with E-state index in [0.717, 1.165) is 0 Å². The van der Waals surface area contributed by atoms with Crippen LogP contribution in [0, 0.1) is 0 Å². The minimum Gasteiger partial charge on any atom is -0.495 e. The number of halogens is 1. The number of pyridine rings is 2. The lowest BCUT2D eigenvalue weighted by atomic mass is 10.2. The summed E-state index contributed by atoms with van der Waals surface area (Å²) in [4.78, 5) is 8.37. The maximum atomic E-state index is 12.7. The van der Waals surface area contributed by atoms with Gasteiger partial charge in [-0.2, -0.15) is 0 Å². The van der Waals surface area contributed by atoms with Crippen molar-refractivity contribution < 1.29 is 13.2 Å². The summed E-state index contributed by atoms with van der Waals surface area (Å²) in [6.07, 6.45) is 4.73. The molecule has 0 aliphatic rings. The fraction of sp³-hybridized carbons (Fsp3) is 0.0588. The molecule has 3 rings (SSSR count). The summed E-state index contributed by atoms with van der Waals surface area (Å²) in [7, 11) is -2.42. The Morgan fingerprint density at radius 1 is 1.12 bits per heavy atom. The molecule has 2 heterocycles. The van der Waals surface area contributed by atoms with Crippen LogP contribution in [0.4, 0.5) is 5.69 Å². The molecule has 0 fully saturated rings. The second-order valence-corrected chi connectivity index (χ2v) is 7.64. The summed E-state index contributed by atoms with van der Waals surface area (Å²) in [6.45, 7) is 0. The van der Waals surface area contributed by atoms with Crippen LogP contribution >= 0.6 is 15.9 Å². The van der Waals surface area contributed by atoms with Gasteiger partial charge in [0.05, 0.1) is 24.7 Å². The van der Waals surface area contributed by atoms with Gasteiger partial charge in [-0.05, 0) is 36.4 Å². The molecule has 0 spiro atoms. The van der Waals surface area contributed by atoms with Crippen LogP contribution in [0.15, 0.2) is 70.4 Å². The molecule has 0 unspecified atom stereocenters. The molecule has 0 atom stereocenters. The van der Waals surface area contributed by atoms with Crippen LogP contribution < -0.4 is 9.46 Å². The van der Waals surface area contributed by atoms with Gasteiger partial charge in [-0.15, -0.1) is 0 Å². The minimum atomic E-state index is -3.84. The highest BCUT2D eigenvalue weighted by atomic mass is 79.9. The SMILES string of the molecule is COc1ccc(Br)cc1S(=O)(=O)Nc1cncc(-c2ccccn2)c1. The first-order chi connectivity index (χ1) is 12.0. The first-order valence-electron chi connectivity index (χ1n) is 7.22. The molecule has 0 aliphatic carbocycles. The Morgan fingerprint density at radius 2 is 1.96 bits per heavy atom. The lowest BCUT2D eigenvalue weighted by Gasteiger charge is -2.12. The largest absolute Gasteiger partial charge is 0.495 e. The van der Waals surface area contributed by atoms with Gasteiger partial charge in [0.25, 0.3) is 10.0 Å². The third kappa shape index (κ3) is 3.97.